The van der Waals surface area contributed by atoms with Crippen molar-refractivity contribution in [2.45, 2.75) is 0 Å². The van der Waals surface area contributed by atoms with E-state index in [1.165, 1.54) is 7.11 Å². The second-order valence-electron chi connectivity index (χ2n) is 4.52. The van der Waals surface area contributed by atoms with Gasteiger partial charge >= 0.3 is 5.97 Å². The molecule has 0 bridgehead atoms. The Morgan fingerprint density at radius 3 is 2.67 bits per heavy atom. The predicted octanol–water partition coefficient (Wildman–Crippen LogP) is 2.09. The summed E-state index contributed by atoms with van der Waals surface area (Å²) in [7, 11) is -0.720. The fourth-order valence-electron chi connectivity index (χ4n) is 1.41. The predicted molar refractivity (Wildman–Crippen MR) is 75.0 cm³/mol. The Morgan fingerprint density at radius 1 is 1.44 bits per heavy atom. The van der Waals surface area contributed by atoms with Crippen LogP contribution in [0.1, 0.15) is 10.4 Å². The van der Waals surface area contributed by atoms with Crippen LogP contribution in [0.15, 0.2) is 18.2 Å². The van der Waals surface area contributed by atoms with Crippen LogP contribution in [0.5, 0.6) is 0 Å². The first-order valence-corrected chi connectivity index (χ1v) is 8.38. The summed E-state index contributed by atoms with van der Waals surface area (Å²) in [6, 6.07) is 4.89. The molecule has 1 rings (SSSR count). The van der Waals surface area contributed by atoms with Gasteiger partial charge in [0.25, 0.3) is 0 Å². The Labute approximate surface area is 107 Å². The van der Waals surface area contributed by atoms with Gasteiger partial charge in [-0.15, -0.1) is 0 Å². The zero-order valence-electron chi connectivity index (χ0n) is 10.9. The molecule has 18 heavy (non-hydrogen) atoms. The van der Waals surface area contributed by atoms with Gasteiger partial charge in [-0.2, -0.15) is 0 Å². The van der Waals surface area contributed by atoms with Crippen molar-refractivity contribution in [3.63, 3.8) is 0 Å². The summed E-state index contributed by atoms with van der Waals surface area (Å²) in [6.07, 6.45) is 0.578. The zero-order valence-corrected chi connectivity index (χ0v) is 11.8. The Balaban J connectivity index is 2.76. The van der Waals surface area contributed by atoms with Crippen LogP contribution in [-0.4, -0.2) is 39.1 Å². The highest BCUT2D eigenvalue weighted by molar-refractivity contribution is 7.62. The molecule has 1 aromatic carbocycles. The van der Waals surface area contributed by atoms with Crippen LogP contribution in [0.3, 0.4) is 0 Å². The molecule has 0 fully saturated rings. The third kappa shape index (κ3) is 4.41. The van der Waals surface area contributed by atoms with E-state index in [2.05, 4.69) is 10.1 Å². The standard InChI is InChI=1S/C12H19N2O3P/c1-17-12(15)9-4-5-10(13)11(8-9)14-6-7-18(2,3)16/h4-5,8,14H,6-7,13H2,1-3H3. The maximum Gasteiger partial charge on any atom is 0.337 e. The van der Waals surface area contributed by atoms with Gasteiger partial charge in [0, 0.05) is 12.7 Å². The number of carbonyl (C=O) groups excluding carboxylic acids is 1. The maximum atomic E-state index is 11.6. The topological polar surface area (TPSA) is 81.4 Å². The van der Waals surface area contributed by atoms with E-state index in [1.807, 2.05) is 0 Å². The van der Waals surface area contributed by atoms with E-state index in [4.69, 9.17) is 5.73 Å². The highest BCUT2D eigenvalue weighted by atomic mass is 31.2. The molecule has 5 nitrogen and oxygen atoms in total. The van der Waals surface area contributed by atoms with Gasteiger partial charge in [-0.25, -0.2) is 4.79 Å². The first-order chi connectivity index (χ1) is 8.33. The average Bonchev–Trinajstić information content (AvgIpc) is 2.29. The fourth-order valence-corrected chi connectivity index (χ4v) is 2.06. The Morgan fingerprint density at radius 2 is 2.11 bits per heavy atom. The van der Waals surface area contributed by atoms with E-state index in [0.717, 1.165) is 0 Å². The number of ether oxygens (including phenoxy) is 1. The van der Waals surface area contributed by atoms with Crippen molar-refractivity contribution in [2.75, 3.05) is 44.2 Å². The molecule has 0 atom stereocenters. The molecular weight excluding hydrogens is 251 g/mol. The van der Waals surface area contributed by atoms with Crippen LogP contribution in [-0.2, 0) is 9.30 Å². The molecule has 0 saturated heterocycles. The van der Waals surface area contributed by atoms with Crippen molar-refractivity contribution < 1.29 is 14.1 Å². The summed E-state index contributed by atoms with van der Waals surface area (Å²) in [5, 5.41) is 3.08. The number of benzene rings is 1. The van der Waals surface area contributed by atoms with Gasteiger partial charge in [0.2, 0.25) is 0 Å². The molecule has 6 heteroatoms. The van der Waals surface area contributed by atoms with E-state index in [9.17, 15) is 9.36 Å². The van der Waals surface area contributed by atoms with E-state index in [0.29, 0.717) is 29.6 Å². The molecular formula is C12H19N2O3P. The van der Waals surface area contributed by atoms with Crippen molar-refractivity contribution in [2.24, 2.45) is 0 Å². The summed E-state index contributed by atoms with van der Waals surface area (Å²) in [5.41, 5.74) is 7.44. The smallest absolute Gasteiger partial charge is 0.337 e. The van der Waals surface area contributed by atoms with Crippen molar-refractivity contribution in [3.8, 4) is 0 Å². The van der Waals surface area contributed by atoms with Crippen LogP contribution < -0.4 is 11.1 Å². The molecule has 0 radical (unpaired) electrons. The molecule has 1 aromatic rings. The summed E-state index contributed by atoms with van der Waals surface area (Å²) in [5.74, 6) is -0.408. The molecule has 0 amide bonds. The number of esters is 1. The first-order valence-electron chi connectivity index (χ1n) is 5.59. The van der Waals surface area contributed by atoms with Gasteiger partial charge in [-0.3, -0.25) is 0 Å². The quantitative estimate of drug-likeness (QED) is 0.486. The lowest BCUT2D eigenvalue weighted by Gasteiger charge is -2.12. The average molecular weight is 270 g/mol. The number of carbonyl (C=O) groups is 1. The van der Waals surface area contributed by atoms with Crippen LogP contribution >= 0.6 is 7.14 Å². The van der Waals surface area contributed by atoms with Crippen LogP contribution in [0.4, 0.5) is 11.4 Å². The van der Waals surface area contributed by atoms with Gasteiger partial charge < -0.3 is 20.4 Å². The van der Waals surface area contributed by atoms with Crippen molar-refractivity contribution in [1.29, 1.82) is 0 Å². The van der Waals surface area contributed by atoms with E-state index in [-0.39, 0.29) is 0 Å². The van der Waals surface area contributed by atoms with Crippen LogP contribution in [0.2, 0.25) is 0 Å². The van der Waals surface area contributed by atoms with Gasteiger partial charge in [0.1, 0.15) is 0 Å². The zero-order chi connectivity index (χ0) is 13.8. The number of rotatable bonds is 5. The third-order valence-electron chi connectivity index (χ3n) is 2.44. The molecule has 0 aliphatic heterocycles. The Hall–Kier alpha value is -1.48. The van der Waals surface area contributed by atoms with Crippen LogP contribution in [0.25, 0.3) is 0 Å². The number of nitrogens with two attached hydrogens (primary N) is 1. The normalized spacial score (nSPS) is 11.1. The van der Waals surface area contributed by atoms with Gasteiger partial charge in [-0.1, -0.05) is 0 Å². The van der Waals surface area contributed by atoms with Gasteiger partial charge in [0.15, 0.2) is 0 Å². The number of methoxy groups -OCH3 is 1. The minimum absolute atomic E-state index is 0.408. The van der Waals surface area contributed by atoms with E-state index >= 15 is 0 Å². The summed E-state index contributed by atoms with van der Waals surface area (Å²) >= 11 is 0. The monoisotopic (exact) mass is 270 g/mol. The molecule has 0 unspecified atom stereocenters. The largest absolute Gasteiger partial charge is 0.465 e. The molecule has 0 saturated carbocycles. The van der Waals surface area contributed by atoms with Crippen LogP contribution in [0, 0.1) is 0 Å². The lowest BCUT2D eigenvalue weighted by atomic mass is 10.1. The number of hydrogen-bond donors (Lipinski definition) is 2. The fraction of sp³-hybridized carbons (Fsp3) is 0.417. The number of nitrogens with one attached hydrogen (secondary N) is 1. The lowest BCUT2D eigenvalue weighted by molar-refractivity contribution is 0.0601. The highest BCUT2D eigenvalue weighted by Gasteiger charge is 2.10. The molecule has 0 spiro atoms. The Bertz CT molecular complexity index is 482. The molecule has 0 aromatic heterocycles. The van der Waals surface area contributed by atoms with Crippen molar-refractivity contribution >= 4 is 24.5 Å². The van der Waals surface area contributed by atoms with Crippen molar-refractivity contribution in [3.05, 3.63) is 23.8 Å². The molecule has 0 aliphatic carbocycles. The molecule has 3 N–H and O–H groups in total. The lowest BCUT2D eigenvalue weighted by Crippen LogP contribution is -2.10. The number of hydrogen-bond acceptors (Lipinski definition) is 5. The second-order valence-corrected chi connectivity index (χ2v) is 8.11. The number of anilines is 2. The SMILES string of the molecule is COC(=O)c1ccc(N)c(NCCP(C)(C)=O)c1. The molecule has 100 valence electrons. The minimum Gasteiger partial charge on any atom is -0.465 e. The molecule has 0 aliphatic rings. The highest BCUT2D eigenvalue weighted by Crippen LogP contribution is 2.35. The van der Waals surface area contributed by atoms with Gasteiger partial charge in [-0.05, 0) is 31.5 Å². The van der Waals surface area contributed by atoms with Crippen molar-refractivity contribution in [1.82, 2.24) is 0 Å². The summed E-state index contributed by atoms with van der Waals surface area (Å²) < 4.78 is 16.2. The minimum atomic E-state index is -2.05. The Kier molecular flexibility index (Phi) is 4.79. The number of nitrogen functional groups attached to an aromatic ring is 1. The third-order valence-corrected chi connectivity index (χ3v) is 3.74. The maximum absolute atomic E-state index is 11.6. The summed E-state index contributed by atoms with van der Waals surface area (Å²) in [6.45, 7) is 4.03. The first kappa shape index (κ1) is 14.6. The van der Waals surface area contributed by atoms with Gasteiger partial charge in [0.05, 0.1) is 31.2 Å². The van der Waals surface area contributed by atoms with E-state index in [1.54, 1.807) is 31.5 Å². The second kappa shape index (κ2) is 5.91. The summed E-state index contributed by atoms with van der Waals surface area (Å²) in [4.78, 5) is 11.4. The molecule has 0 heterocycles. The van der Waals surface area contributed by atoms with E-state index < -0.39 is 13.1 Å².